The van der Waals surface area contributed by atoms with Crippen molar-refractivity contribution in [3.05, 3.63) is 0 Å². The minimum absolute atomic E-state index is 0.0574. The highest BCUT2D eigenvalue weighted by atomic mass is 16.6. The summed E-state index contributed by atoms with van der Waals surface area (Å²) in [6.45, 7) is 2.27. The smallest absolute Gasteiger partial charge is 0.508 e. The maximum atomic E-state index is 12.4. The van der Waals surface area contributed by atoms with Gasteiger partial charge in [-0.2, -0.15) is 0 Å². The van der Waals surface area contributed by atoms with E-state index in [1.807, 2.05) is 6.92 Å². The van der Waals surface area contributed by atoms with Crippen molar-refractivity contribution < 1.29 is 24.0 Å². The number of aliphatic hydroxyl groups excluding tert-OH is 1. The molecule has 2 aliphatic rings. The molecule has 8 nitrogen and oxygen atoms in total. The molecule has 2 aliphatic heterocycles. The number of nitrogens with two attached hydrogens (primary N) is 2. The number of fused-ring (bicyclic) bond motifs is 1. The molecule has 22 heavy (non-hydrogen) atoms. The molecule has 0 unspecified atom stereocenters. The van der Waals surface area contributed by atoms with E-state index >= 15 is 0 Å². The van der Waals surface area contributed by atoms with Crippen molar-refractivity contribution in [2.45, 2.75) is 37.7 Å². The molecule has 0 spiro atoms. The molecule has 0 saturated carbocycles. The highest BCUT2D eigenvalue weighted by molar-refractivity contribution is 6.47. The third-order valence-electron chi connectivity index (χ3n) is 4.41. The Bertz CT molecular complexity index is 438. The standard InChI is InChI=1S/C13H24BN3O5/c1-2-21-14-5-3-4-9-6-17(11(19)10(15)7-18)8-13(9,16)12(20)22-14/h9-10,18H,2-8,15-16H2,1H3/t9-,10-,13-/m0/s1. The van der Waals surface area contributed by atoms with Gasteiger partial charge in [-0.3, -0.25) is 9.59 Å². The van der Waals surface area contributed by atoms with Crippen LogP contribution in [0.3, 0.4) is 0 Å². The van der Waals surface area contributed by atoms with Crippen LogP contribution in [0, 0.1) is 5.92 Å². The van der Waals surface area contributed by atoms with Crippen molar-refractivity contribution in [3.8, 4) is 0 Å². The molecule has 0 aliphatic carbocycles. The molecule has 0 aromatic rings. The average molecular weight is 313 g/mol. The van der Waals surface area contributed by atoms with Crippen LogP contribution in [0.4, 0.5) is 0 Å². The summed E-state index contributed by atoms with van der Waals surface area (Å²) in [5.74, 6) is -1.10. The summed E-state index contributed by atoms with van der Waals surface area (Å²) in [6, 6.07) is -0.986. The first-order chi connectivity index (χ1) is 10.4. The maximum absolute atomic E-state index is 12.4. The fourth-order valence-corrected chi connectivity index (χ4v) is 3.12. The van der Waals surface area contributed by atoms with Crippen molar-refractivity contribution in [2.24, 2.45) is 17.4 Å². The second-order valence-corrected chi connectivity index (χ2v) is 5.97. The lowest BCUT2D eigenvalue weighted by Crippen LogP contribution is -2.58. The third kappa shape index (κ3) is 3.27. The topological polar surface area (TPSA) is 128 Å². The van der Waals surface area contributed by atoms with Gasteiger partial charge in [0.15, 0.2) is 0 Å². The number of hydrogen-bond donors (Lipinski definition) is 3. The van der Waals surface area contributed by atoms with E-state index in [1.165, 1.54) is 4.90 Å². The van der Waals surface area contributed by atoms with Crippen LogP contribution < -0.4 is 11.5 Å². The molecule has 9 heteroatoms. The van der Waals surface area contributed by atoms with Gasteiger partial charge >= 0.3 is 13.1 Å². The van der Waals surface area contributed by atoms with Crippen molar-refractivity contribution in [2.75, 3.05) is 26.3 Å². The largest absolute Gasteiger partial charge is 0.527 e. The van der Waals surface area contributed by atoms with Crippen LogP contribution in [0.25, 0.3) is 0 Å². The van der Waals surface area contributed by atoms with Gasteiger partial charge in [0.25, 0.3) is 0 Å². The molecule has 1 amide bonds. The molecule has 0 radical (unpaired) electrons. The van der Waals surface area contributed by atoms with E-state index < -0.39 is 37.2 Å². The Kier molecular flexibility index (Phi) is 5.43. The van der Waals surface area contributed by atoms with Crippen molar-refractivity contribution in [1.82, 2.24) is 4.90 Å². The fraction of sp³-hybridized carbons (Fsp3) is 0.846. The lowest BCUT2D eigenvalue weighted by molar-refractivity contribution is -0.143. The number of rotatable bonds is 4. The van der Waals surface area contributed by atoms with E-state index in [0.717, 1.165) is 6.42 Å². The molecule has 0 aromatic heterocycles. The number of carbonyl (C=O) groups excluding carboxylic acids is 2. The van der Waals surface area contributed by atoms with Gasteiger partial charge in [0, 0.05) is 25.6 Å². The molecular formula is C13H24BN3O5. The Morgan fingerprint density at radius 1 is 1.68 bits per heavy atom. The highest BCUT2D eigenvalue weighted by Gasteiger charge is 2.53. The van der Waals surface area contributed by atoms with E-state index in [4.69, 9.17) is 25.9 Å². The monoisotopic (exact) mass is 313 g/mol. The molecule has 2 heterocycles. The van der Waals surface area contributed by atoms with E-state index in [9.17, 15) is 9.59 Å². The zero-order chi connectivity index (χ0) is 16.3. The Hall–Kier alpha value is -1.16. The Morgan fingerprint density at radius 2 is 2.41 bits per heavy atom. The predicted octanol–water partition coefficient (Wildman–Crippen LogP) is -1.68. The predicted molar refractivity (Wildman–Crippen MR) is 79.6 cm³/mol. The van der Waals surface area contributed by atoms with Crippen LogP contribution in [-0.4, -0.2) is 66.9 Å². The molecule has 3 atom stereocenters. The number of carbonyl (C=O) groups is 2. The minimum Gasteiger partial charge on any atom is -0.508 e. The van der Waals surface area contributed by atoms with Gasteiger partial charge in [0.05, 0.1) is 6.61 Å². The zero-order valence-electron chi connectivity index (χ0n) is 12.9. The zero-order valence-corrected chi connectivity index (χ0v) is 12.9. The second-order valence-electron chi connectivity index (χ2n) is 5.97. The van der Waals surface area contributed by atoms with Crippen molar-refractivity contribution in [3.63, 3.8) is 0 Å². The summed E-state index contributed by atoms with van der Waals surface area (Å²) in [7, 11) is -0.580. The fourth-order valence-electron chi connectivity index (χ4n) is 3.12. The van der Waals surface area contributed by atoms with Gasteiger partial charge in [-0.1, -0.05) is 6.42 Å². The molecule has 0 bridgehead atoms. The Labute approximate surface area is 130 Å². The summed E-state index contributed by atoms with van der Waals surface area (Å²) in [5.41, 5.74) is 10.6. The quantitative estimate of drug-likeness (QED) is 0.529. The molecular weight excluding hydrogens is 289 g/mol. The van der Waals surface area contributed by atoms with Gasteiger partial charge in [0.2, 0.25) is 5.91 Å². The first-order valence-corrected chi connectivity index (χ1v) is 7.69. The van der Waals surface area contributed by atoms with Crippen LogP contribution in [0.2, 0.25) is 6.32 Å². The van der Waals surface area contributed by atoms with E-state index in [2.05, 4.69) is 0 Å². The molecule has 2 fully saturated rings. The number of amides is 1. The van der Waals surface area contributed by atoms with Crippen LogP contribution in [0.5, 0.6) is 0 Å². The molecule has 2 rings (SSSR count). The summed E-state index contributed by atoms with van der Waals surface area (Å²) in [4.78, 5) is 26.0. The van der Waals surface area contributed by atoms with E-state index in [-0.39, 0.29) is 12.5 Å². The minimum atomic E-state index is -1.24. The molecule has 124 valence electrons. The average Bonchev–Trinajstić information content (AvgIpc) is 2.82. The van der Waals surface area contributed by atoms with Crippen molar-refractivity contribution >= 4 is 19.0 Å². The highest BCUT2D eigenvalue weighted by Crippen LogP contribution is 2.33. The Morgan fingerprint density at radius 3 is 3.05 bits per heavy atom. The summed E-state index contributed by atoms with van der Waals surface area (Å²) in [5, 5.41) is 9.01. The van der Waals surface area contributed by atoms with Gasteiger partial charge in [0.1, 0.15) is 11.6 Å². The first-order valence-electron chi connectivity index (χ1n) is 7.69. The normalized spacial score (nSPS) is 30.4. The van der Waals surface area contributed by atoms with Gasteiger partial charge in [-0.25, -0.2) is 0 Å². The maximum Gasteiger partial charge on any atom is 0.527 e. The molecule has 5 N–H and O–H groups in total. The van der Waals surface area contributed by atoms with Crippen LogP contribution in [-0.2, 0) is 18.9 Å². The molecule has 0 aromatic carbocycles. The van der Waals surface area contributed by atoms with E-state index in [1.54, 1.807) is 0 Å². The number of nitrogens with zero attached hydrogens (tertiary/aromatic N) is 1. The van der Waals surface area contributed by atoms with E-state index in [0.29, 0.717) is 25.9 Å². The summed E-state index contributed by atoms with van der Waals surface area (Å²) < 4.78 is 10.7. The Balaban J connectivity index is 2.12. The lowest BCUT2D eigenvalue weighted by Gasteiger charge is -2.31. The molecule has 2 saturated heterocycles. The summed E-state index contributed by atoms with van der Waals surface area (Å²) >= 11 is 0. The number of likely N-dealkylation sites (tertiary alicyclic amines) is 1. The van der Waals surface area contributed by atoms with Crippen LogP contribution in [0.15, 0.2) is 0 Å². The first kappa shape index (κ1) is 17.2. The van der Waals surface area contributed by atoms with Crippen LogP contribution >= 0.6 is 0 Å². The SMILES string of the molecule is CCOB1CCC[C@H]2CN(C(=O)[C@@H](N)CO)C[C@@]2(N)C(=O)O1. The van der Waals surface area contributed by atoms with Gasteiger partial charge < -0.3 is 30.8 Å². The summed E-state index contributed by atoms with van der Waals surface area (Å²) in [6.07, 6.45) is 2.14. The number of hydrogen-bond acceptors (Lipinski definition) is 7. The van der Waals surface area contributed by atoms with Gasteiger partial charge in [-0.15, -0.1) is 0 Å². The lowest BCUT2D eigenvalue weighted by atomic mass is 9.74. The second kappa shape index (κ2) is 6.95. The van der Waals surface area contributed by atoms with Gasteiger partial charge in [-0.05, 0) is 19.7 Å². The third-order valence-corrected chi connectivity index (χ3v) is 4.41. The van der Waals surface area contributed by atoms with Crippen LogP contribution in [0.1, 0.15) is 19.8 Å². The van der Waals surface area contributed by atoms with Crippen molar-refractivity contribution in [1.29, 1.82) is 0 Å². The number of aliphatic hydroxyl groups is 1.